The van der Waals surface area contributed by atoms with Crippen molar-refractivity contribution in [2.24, 2.45) is 0 Å². The van der Waals surface area contributed by atoms with Gasteiger partial charge in [-0.1, -0.05) is 12.8 Å². The zero-order chi connectivity index (χ0) is 10.8. The second-order valence-electron chi connectivity index (χ2n) is 3.44. The monoisotopic (exact) mass is 202 g/mol. The maximum atomic E-state index is 11.2. The minimum absolute atomic E-state index is 0.0506. The number of aliphatic hydroxyl groups is 1. The second kappa shape index (κ2) is 8.97. The van der Waals surface area contributed by atoms with Crippen LogP contribution in [0.3, 0.4) is 0 Å². The largest absolute Gasteiger partial charge is 0.396 e. The molecule has 0 fully saturated rings. The Labute approximate surface area is 86.1 Å². The zero-order valence-electron chi connectivity index (χ0n) is 9.18. The van der Waals surface area contributed by atoms with E-state index in [0.717, 1.165) is 32.2 Å². The molecule has 0 spiro atoms. The van der Waals surface area contributed by atoms with Crippen molar-refractivity contribution in [1.29, 1.82) is 0 Å². The molecule has 14 heavy (non-hydrogen) atoms. The summed E-state index contributed by atoms with van der Waals surface area (Å²) < 4.78 is 0. The van der Waals surface area contributed by atoms with Crippen LogP contribution >= 0.6 is 0 Å². The highest BCUT2D eigenvalue weighted by atomic mass is 16.2. The maximum Gasteiger partial charge on any atom is 0.236 e. The van der Waals surface area contributed by atoms with E-state index in [4.69, 9.17) is 5.11 Å². The Morgan fingerprint density at radius 2 is 1.93 bits per heavy atom. The molecule has 0 aliphatic carbocycles. The summed E-state index contributed by atoms with van der Waals surface area (Å²) in [4.78, 5) is 11.2. The molecule has 0 rings (SSSR count). The van der Waals surface area contributed by atoms with E-state index in [-0.39, 0.29) is 18.6 Å². The Morgan fingerprint density at radius 1 is 1.29 bits per heavy atom. The van der Waals surface area contributed by atoms with Crippen LogP contribution in [0, 0.1) is 0 Å². The lowest BCUT2D eigenvalue weighted by atomic mass is 10.2. The van der Waals surface area contributed by atoms with E-state index < -0.39 is 0 Å². The molecule has 0 saturated carbocycles. The molecule has 0 bridgehead atoms. The SMILES string of the molecule is CNC(C)C(=O)NCCCCCCO. The molecular weight excluding hydrogens is 180 g/mol. The van der Waals surface area contributed by atoms with Crippen molar-refractivity contribution >= 4 is 5.91 Å². The number of carbonyl (C=O) groups is 1. The summed E-state index contributed by atoms with van der Waals surface area (Å²) in [5.41, 5.74) is 0. The average Bonchev–Trinajstić information content (AvgIpc) is 2.21. The van der Waals surface area contributed by atoms with Gasteiger partial charge in [0.2, 0.25) is 5.91 Å². The summed E-state index contributed by atoms with van der Waals surface area (Å²) >= 11 is 0. The van der Waals surface area contributed by atoms with Gasteiger partial charge in [0.1, 0.15) is 0 Å². The van der Waals surface area contributed by atoms with E-state index in [1.807, 2.05) is 6.92 Å². The third-order valence-electron chi connectivity index (χ3n) is 2.21. The molecule has 0 aliphatic rings. The number of nitrogens with one attached hydrogen (secondary N) is 2. The van der Waals surface area contributed by atoms with Gasteiger partial charge in [0.05, 0.1) is 6.04 Å². The van der Waals surface area contributed by atoms with Gasteiger partial charge in [-0.05, 0) is 26.8 Å². The van der Waals surface area contributed by atoms with E-state index in [9.17, 15) is 4.79 Å². The first-order valence-electron chi connectivity index (χ1n) is 5.28. The Hall–Kier alpha value is -0.610. The van der Waals surface area contributed by atoms with Gasteiger partial charge >= 0.3 is 0 Å². The molecule has 0 aromatic rings. The molecule has 0 aromatic heterocycles. The number of rotatable bonds is 8. The van der Waals surface area contributed by atoms with E-state index in [1.54, 1.807) is 7.05 Å². The van der Waals surface area contributed by atoms with Crippen LogP contribution in [0.1, 0.15) is 32.6 Å². The smallest absolute Gasteiger partial charge is 0.236 e. The standard InChI is InChI=1S/C10H22N2O2/c1-9(11-2)10(14)12-7-5-3-4-6-8-13/h9,11,13H,3-8H2,1-2H3,(H,12,14). The van der Waals surface area contributed by atoms with Gasteiger partial charge in [-0.3, -0.25) is 4.79 Å². The highest BCUT2D eigenvalue weighted by Gasteiger charge is 2.07. The zero-order valence-corrected chi connectivity index (χ0v) is 9.18. The minimum atomic E-state index is -0.118. The molecule has 1 unspecified atom stereocenters. The fourth-order valence-electron chi connectivity index (χ4n) is 1.09. The third kappa shape index (κ3) is 6.86. The number of hydrogen-bond donors (Lipinski definition) is 3. The molecule has 0 aromatic carbocycles. The first-order valence-corrected chi connectivity index (χ1v) is 5.28. The Morgan fingerprint density at radius 3 is 2.50 bits per heavy atom. The van der Waals surface area contributed by atoms with Crippen LogP contribution in [0.4, 0.5) is 0 Å². The van der Waals surface area contributed by atoms with Crippen LogP contribution in [-0.2, 0) is 4.79 Å². The summed E-state index contributed by atoms with van der Waals surface area (Å²) in [6.45, 7) is 2.83. The van der Waals surface area contributed by atoms with Crippen molar-refractivity contribution in [2.75, 3.05) is 20.2 Å². The average molecular weight is 202 g/mol. The Bertz CT molecular complexity index is 151. The molecular formula is C10H22N2O2. The first kappa shape index (κ1) is 13.4. The van der Waals surface area contributed by atoms with Crippen LogP contribution in [0.15, 0.2) is 0 Å². The summed E-state index contributed by atoms with van der Waals surface area (Å²) in [5, 5.41) is 14.3. The molecule has 4 nitrogen and oxygen atoms in total. The van der Waals surface area contributed by atoms with Crippen molar-refractivity contribution in [2.45, 2.75) is 38.6 Å². The lowest BCUT2D eigenvalue weighted by Crippen LogP contribution is -2.40. The van der Waals surface area contributed by atoms with Crippen molar-refractivity contribution < 1.29 is 9.90 Å². The quantitative estimate of drug-likeness (QED) is 0.495. The topological polar surface area (TPSA) is 61.4 Å². The van der Waals surface area contributed by atoms with Crippen molar-refractivity contribution in [1.82, 2.24) is 10.6 Å². The van der Waals surface area contributed by atoms with Crippen LogP contribution in [0.2, 0.25) is 0 Å². The number of aliphatic hydroxyl groups excluding tert-OH is 1. The van der Waals surface area contributed by atoms with Crippen LogP contribution < -0.4 is 10.6 Å². The lowest BCUT2D eigenvalue weighted by Gasteiger charge is -2.10. The minimum Gasteiger partial charge on any atom is -0.396 e. The molecule has 4 heteroatoms. The highest BCUT2D eigenvalue weighted by molar-refractivity contribution is 5.81. The summed E-state index contributed by atoms with van der Waals surface area (Å²) in [6.07, 6.45) is 3.95. The molecule has 84 valence electrons. The number of unbranched alkanes of at least 4 members (excludes halogenated alkanes) is 3. The number of carbonyl (C=O) groups excluding carboxylic acids is 1. The lowest BCUT2D eigenvalue weighted by molar-refractivity contribution is -0.122. The molecule has 0 saturated heterocycles. The van der Waals surface area contributed by atoms with E-state index in [1.165, 1.54) is 0 Å². The molecule has 0 aliphatic heterocycles. The van der Waals surface area contributed by atoms with Crippen molar-refractivity contribution in [3.8, 4) is 0 Å². The van der Waals surface area contributed by atoms with Crippen LogP contribution in [0.25, 0.3) is 0 Å². The molecule has 3 N–H and O–H groups in total. The van der Waals surface area contributed by atoms with E-state index in [2.05, 4.69) is 10.6 Å². The van der Waals surface area contributed by atoms with Gasteiger partial charge in [-0.25, -0.2) is 0 Å². The van der Waals surface area contributed by atoms with Crippen molar-refractivity contribution in [3.05, 3.63) is 0 Å². The van der Waals surface area contributed by atoms with Gasteiger partial charge in [0.25, 0.3) is 0 Å². The van der Waals surface area contributed by atoms with E-state index >= 15 is 0 Å². The molecule has 1 amide bonds. The summed E-state index contributed by atoms with van der Waals surface area (Å²) in [5.74, 6) is 0.0506. The van der Waals surface area contributed by atoms with Gasteiger partial charge < -0.3 is 15.7 Å². The number of likely N-dealkylation sites (N-methyl/N-ethyl adjacent to an activating group) is 1. The molecule has 0 heterocycles. The summed E-state index contributed by atoms with van der Waals surface area (Å²) in [6, 6.07) is -0.118. The highest BCUT2D eigenvalue weighted by Crippen LogP contribution is 1.97. The van der Waals surface area contributed by atoms with E-state index in [0.29, 0.717) is 0 Å². The van der Waals surface area contributed by atoms with Crippen molar-refractivity contribution in [3.63, 3.8) is 0 Å². The van der Waals surface area contributed by atoms with Gasteiger partial charge in [0.15, 0.2) is 0 Å². The fourth-order valence-corrected chi connectivity index (χ4v) is 1.09. The first-order chi connectivity index (χ1) is 6.72. The van der Waals surface area contributed by atoms with Crippen LogP contribution in [0.5, 0.6) is 0 Å². The third-order valence-corrected chi connectivity index (χ3v) is 2.21. The second-order valence-corrected chi connectivity index (χ2v) is 3.44. The normalized spacial score (nSPS) is 12.5. The predicted molar refractivity (Wildman–Crippen MR) is 57.1 cm³/mol. The molecule has 1 atom stereocenters. The van der Waals surface area contributed by atoms with Gasteiger partial charge in [-0.15, -0.1) is 0 Å². The fraction of sp³-hybridized carbons (Fsp3) is 0.900. The Balaban J connectivity index is 3.23. The number of hydrogen-bond acceptors (Lipinski definition) is 3. The maximum absolute atomic E-state index is 11.2. The van der Waals surface area contributed by atoms with Gasteiger partial charge in [-0.2, -0.15) is 0 Å². The van der Waals surface area contributed by atoms with Gasteiger partial charge in [0, 0.05) is 13.2 Å². The number of amides is 1. The molecule has 0 radical (unpaired) electrons. The summed E-state index contributed by atoms with van der Waals surface area (Å²) in [7, 11) is 1.77. The predicted octanol–water partition coefficient (Wildman–Crippen LogP) is 0.263. The van der Waals surface area contributed by atoms with Crippen LogP contribution in [-0.4, -0.2) is 37.3 Å². The Kier molecular flexibility index (Phi) is 8.57.